The van der Waals surface area contributed by atoms with Crippen LogP contribution in [0.3, 0.4) is 0 Å². The van der Waals surface area contributed by atoms with Gasteiger partial charge in [-0.2, -0.15) is 0 Å². The molecular formula is C14H21N3O3S. The van der Waals surface area contributed by atoms with E-state index in [4.69, 9.17) is 0 Å². The summed E-state index contributed by atoms with van der Waals surface area (Å²) in [5.41, 5.74) is 2.67. The number of amides is 2. The molecule has 0 bridgehead atoms. The molecular weight excluding hydrogens is 290 g/mol. The number of thiazole rings is 1. The first-order valence-corrected chi connectivity index (χ1v) is 7.93. The van der Waals surface area contributed by atoms with Crippen molar-refractivity contribution in [1.82, 2.24) is 14.8 Å². The number of hydrogen-bond acceptors (Lipinski definition) is 4. The van der Waals surface area contributed by atoms with Crippen LogP contribution in [0, 0.1) is 12.8 Å². The van der Waals surface area contributed by atoms with Gasteiger partial charge < -0.3 is 14.9 Å². The quantitative estimate of drug-likeness (QED) is 0.928. The zero-order chi connectivity index (χ0) is 15.6. The fraction of sp³-hybridized carbons (Fsp3) is 0.643. The van der Waals surface area contributed by atoms with Crippen molar-refractivity contribution in [3.63, 3.8) is 0 Å². The summed E-state index contributed by atoms with van der Waals surface area (Å²) in [5, 5.41) is 9.39. The maximum absolute atomic E-state index is 12.6. The van der Waals surface area contributed by atoms with Crippen LogP contribution in [0.2, 0.25) is 0 Å². The molecule has 0 radical (unpaired) electrons. The number of carboxylic acids is 1. The van der Waals surface area contributed by atoms with Crippen molar-refractivity contribution < 1.29 is 14.7 Å². The molecule has 1 saturated heterocycles. The number of aryl methyl sites for hydroxylation is 1. The molecule has 2 unspecified atom stereocenters. The lowest BCUT2D eigenvalue weighted by molar-refractivity contribution is -0.145. The Morgan fingerprint density at radius 1 is 1.57 bits per heavy atom. The SMILES string of the molecule is Cc1ncsc1CN(C)C(=O)N1CCCC(C)C1C(=O)O. The molecule has 1 N–H and O–H groups in total. The molecule has 0 spiro atoms. The van der Waals surface area contributed by atoms with Gasteiger partial charge in [0, 0.05) is 18.5 Å². The summed E-state index contributed by atoms with van der Waals surface area (Å²) >= 11 is 1.51. The smallest absolute Gasteiger partial charge is 0.326 e. The highest BCUT2D eigenvalue weighted by Gasteiger charge is 2.38. The number of aliphatic carboxylic acids is 1. The minimum atomic E-state index is -0.919. The average Bonchev–Trinajstić information content (AvgIpc) is 2.82. The summed E-state index contributed by atoms with van der Waals surface area (Å²) in [4.78, 5) is 32.3. The second-order valence-corrected chi connectivity index (χ2v) is 6.53. The summed E-state index contributed by atoms with van der Waals surface area (Å²) in [7, 11) is 1.71. The van der Waals surface area contributed by atoms with Gasteiger partial charge in [0.15, 0.2) is 0 Å². The van der Waals surface area contributed by atoms with Crippen LogP contribution in [0.15, 0.2) is 5.51 Å². The molecule has 1 aliphatic rings. The number of aromatic nitrogens is 1. The van der Waals surface area contributed by atoms with Crippen molar-refractivity contribution >= 4 is 23.3 Å². The van der Waals surface area contributed by atoms with Crippen molar-refractivity contribution in [2.75, 3.05) is 13.6 Å². The van der Waals surface area contributed by atoms with Gasteiger partial charge >= 0.3 is 12.0 Å². The van der Waals surface area contributed by atoms with Gasteiger partial charge in [0.25, 0.3) is 0 Å². The lowest BCUT2D eigenvalue weighted by Crippen LogP contribution is -2.55. The highest BCUT2D eigenvalue weighted by atomic mass is 32.1. The molecule has 2 atom stereocenters. The lowest BCUT2D eigenvalue weighted by Gasteiger charge is -2.39. The van der Waals surface area contributed by atoms with Crippen LogP contribution in [-0.4, -0.2) is 51.5 Å². The number of carbonyl (C=O) groups excluding carboxylic acids is 1. The van der Waals surface area contributed by atoms with E-state index < -0.39 is 12.0 Å². The minimum absolute atomic E-state index is 0.0151. The highest BCUT2D eigenvalue weighted by molar-refractivity contribution is 7.09. The van der Waals surface area contributed by atoms with Crippen LogP contribution in [0.1, 0.15) is 30.3 Å². The third kappa shape index (κ3) is 3.34. The van der Waals surface area contributed by atoms with Gasteiger partial charge in [0.1, 0.15) is 6.04 Å². The number of rotatable bonds is 3. The Morgan fingerprint density at radius 2 is 2.29 bits per heavy atom. The standard InChI is InChI=1S/C14H21N3O3S/c1-9-5-4-6-17(12(9)13(18)19)14(20)16(3)7-11-10(2)15-8-21-11/h8-9,12H,4-7H2,1-3H3,(H,18,19). The van der Waals surface area contributed by atoms with Crippen molar-refractivity contribution in [3.8, 4) is 0 Å². The van der Waals surface area contributed by atoms with Crippen LogP contribution < -0.4 is 0 Å². The molecule has 7 heteroatoms. The van der Waals surface area contributed by atoms with Gasteiger partial charge in [-0.05, 0) is 25.7 Å². The van der Waals surface area contributed by atoms with Gasteiger partial charge in [-0.3, -0.25) is 0 Å². The van der Waals surface area contributed by atoms with Crippen molar-refractivity contribution in [3.05, 3.63) is 16.1 Å². The number of nitrogens with zero attached hydrogens (tertiary/aromatic N) is 3. The molecule has 0 saturated carbocycles. The zero-order valence-corrected chi connectivity index (χ0v) is 13.4. The van der Waals surface area contributed by atoms with Crippen LogP contribution >= 0.6 is 11.3 Å². The van der Waals surface area contributed by atoms with Crippen LogP contribution in [0.25, 0.3) is 0 Å². The van der Waals surface area contributed by atoms with Crippen LogP contribution in [0.4, 0.5) is 4.79 Å². The van der Waals surface area contributed by atoms with E-state index in [-0.39, 0.29) is 11.9 Å². The van der Waals surface area contributed by atoms with Crippen LogP contribution in [0.5, 0.6) is 0 Å². The summed E-state index contributed by atoms with van der Waals surface area (Å²) in [5.74, 6) is -0.934. The molecule has 116 valence electrons. The van der Waals surface area contributed by atoms with E-state index in [1.807, 2.05) is 13.8 Å². The average molecular weight is 311 g/mol. The maximum Gasteiger partial charge on any atom is 0.326 e. The maximum atomic E-state index is 12.6. The Balaban J connectivity index is 2.10. The van der Waals surface area contributed by atoms with E-state index in [0.717, 1.165) is 23.4 Å². The molecule has 2 amide bonds. The van der Waals surface area contributed by atoms with E-state index in [9.17, 15) is 14.7 Å². The summed E-state index contributed by atoms with van der Waals surface area (Å²) in [6, 6.07) is -0.946. The highest BCUT2D eigenvalue weighted by Crippen LogP contribution is 2.25. The zero-order valence-electron chi connectivity index (χ0n) is 12.6. The van der Waals surface area contributed by atoms with Crippen molar-refractivity contribution in [1.29, 1.82) is 0 Å². The van der Waals surface area contributed by atoms with Crippen molar-refractivity contribution in [2.24, 2.45) is 5.92 Å². The van der Waals surface area contributed by atoms with Gasteiger partial charge in [-0.15, -0.1) is 11.3 Å². The third-order valence-corrected chi connectivity index (χ3v) is 4.90. The van der Waals surface area contributed by atoms with E-state index >= 15 is 0 Å². The normalized spacial score (nSPS) is 22.1. The molecule has 2 heterocycles. The number of carbonyl (C=O) groups is 2. The Hall–Kier alpha value is -1.63. The Morgan fingerprint density at radius 3 is 2.86 bits per heavy atom. The van der Waals surface area contributed by atoms with Gasteiger partial charge in [-0.25, -0.2) is 14.6 Å². The fourth-order valence-electron chi connectivity index (χ4n) is 2.76. The Kier molecular flexibility index (Phi) is 4.82. The summed E-state index contributed by atoms with van der Waals surface area (Å²) in [6.07, 6.45) is 1.70. The lowest BCUT2D eigenvalue weighted by atomic mass is 9.91. The summed E-state index contributed by atoms with van der Waals surface area (Å²) in [6.45, 7) is 4.78. The van der Waals surface area contributed by atoms with Gasteiger partial charge in [0.2, 0.25) is 0 Å². The monoisotopic (exact) mass is 311 g/mol. The Labute approximate surface area is 128 Å². The summed E-state index contributed by atoms with van der Waals surface area (Å²) < 4.78 is 0. The van der Waals surface area contributed by atoms with E-state index in [1.165, 1.54) is 16.2 Å². The molecule has 21 heavy (non-hydrogen) atoms. The van der Waals surface area contributed by atoms with Crippen molar-refractivity contribution in [2.45, 2.75) is 39.3 Å². The minimum Gasteiger partial charge on any atom is -0.480 e. The van der Waals surface area contributed by atoms with Gasteiger partial charge in [0.05, 0.1) is 17.7 Å². The van der Waals surface area contributed by atoms with Gasteiger partial charge in [-0.1, -0.05) is 6.92 Å². The molecule has 0 aromatic carbocycles. The molecule has 6 nitrogen and oxygen atoms in total. The first-order valence-electron chi connectivity index (χ1n) is 7.05. The molecule has 1 aliphatic heterocycles. The molecule has 1 fully saturated rings. The first kappa shape index (κ1) is 15.8. The first-order chi connectivity index (χ1) is 9.91. The fourth-order valence-corrected chi connectivity index (χ4v) is 3.59. The molecule has 0 aliphatic carbocycles. The number of piperidine rings is 1. The second kappa shape index (κ2) is 6.43. The molecule has 1 aromatic rings. The number of urea groups is 1. The molecule has 1 aromatic heterocycles. The molecule has 2 rings (SSSR count). The predicted octanol–water partition coefficient (Wildman–Crippen LogP) is 2.19. The number of likely N-dealkylation sites (tertiary alicyclic amines) is 1. The van der Waals surface area contributed by atoms with E-state index in [1.54, 1.807) is 17.5 Å². The topological polar surface area (TPSA) is 73.7 Å². The Bertz CT molecular complexity index is 531. The second-order valence-electron chi connectivity index (χ2n) is 5.60. The predicted molar refractivity (Wildman–Crippen MR) is 80.2 cm³/mol. The largest absolute Gasteiger partial charge is 0.480 e. The third-order valence-electron chi connectivity index (χ3n) is 3.98. The van der Waals surface area contributed by atoms with E-state index in [0.29, 0.717) is 13.1 Å². The number of carboxylic acid groups (broad SMARTS) is 1. The van der Waals surface area contributed by atoms with Crippen LogP contribution in [-0.2, 0) is 11.3 Å². The number of hydrogen-bond donors (Lipinski definition) is 1. The van der Waals surface area contributed by atoms with E-state index in [2.05, 4.69) is 4.98 Å².